The minimum atomic E-state index is -1.04. The molecule has 0 radical (unpaired) electrons. The minimum Gasteiger partial charge on any atom is -0.319 e. The zero-order valence-corrected chi connectivity index (χ0v) is 13.3. The molecular formula is C19H14FN3O2. The number of halogens is 1. The second-order valence-electron chi connectivity index (χ2n) is 6.30. The molecular weight excluding hydrogens is 321 g/mol. The van der Waals surface area contributed by atoms with Crippen molar-refractivity contribution in [2.75, 3.05) is 0 Å². The first kappa shape index (κ1) is 15.3. The SMILES string of the molecule is N#Cc1ccc(CN2C(=O)N[C@@]3(CCc4ccccc43)C2=O)c(F)c1. The third kappa shape index (κ3) is 2.20. The summed E-state index contributed by atoms with van der Waals surface area (Å²) in [5, 5.41) is 11.6. The van der Waals surface area contributed by atoms with Gasteiger partial charge >= 0.3 is 6.03 Å². The first-order valence-corrected chi connectivity index (χ1v) is 7.96. The van der Waals surface area contributed by atoms with Gasteiger partial charge in [0.15, 0.2) is 0 Å². The number of amides is 3. The van der Waals surface area contributed by atoms with Crippen molar-refractivity contribution in [2.24, 2.45) is 0 Å². The number of hydrogen-bond acceptors (Lipinski definition) is 3. The number of urea groups is 1. The van der Waals surface area contributed by atoms with Gasteiger partial charge < -0.3 is 5.32 Å². The summed E-state index contributed by atoms with van der Waals surface area (Å²) in [5.41, 5.74) is 1.21. The van der Waals surface area contributed by atoms with Crippen molar-refractivity contribution in [3.05, 3.63) is 70.5 Å². The Kier molecular flexibility index (Phi) is 3.32. The number of nitrogens with one attached hydrogen (secondary N) is 1. The summed E-state index contributed by atoms with van der Waals surface area (Å²) in [4.78, 5) is 26.5. The van der Waals surface area contributed by atoms with E-state index in [4.69, 9.17) is 5.26 Å². The second-order valence-corrected chi connectivity index (χ2v) is 6.30. The van der Waals surface area contributed by atoms with Crippen molar-refractivity contribution in [3.8, 4) is 6.07 Å². The second kappa shape index (κ2) is 5.42. The van der Waals surface area contributed by atoms with E-state index in [1.165, 1.54) is 12.1 Å². The van der Waals surface area contributed by atoms with Crippen molar-refractivity contribution in [3.63, 3.8) is 0 Å². The van der Waals surface area contributed by atoms with Crippen LogP contribution in [-0.2, 0) is 23.3 Å². The number of nitriles is 1. The molecule has 4 rings (SSSR count). The van der Waals surface area contributed by atoms with E-state index in [1.54, 1.807) is 0 Å². The van der Waals surface area contributed by atoms with Crippen LogP contribution in [0.3, 0.4) is 0 Å². The zero-order chi connectivity index (χ0) is 17.6. The molecule has 1 spiro atoms. The Balaban J connectivity index is 1.67. The molecule has 1 N–H and O–H groups in total. The van der Waals surface area contributed by atoms with Crippen molar-refractivity contribution in [1.82, 2.24) is 10.2 Å². The van der Waals surface area contributed by atoms with Gasteiger partial charge in [-0.05, 0) is 36.1 Å². The summed E-state index contributed by atoms with van der Waals surface area (Å²) < 4.78 is 14.1. The number of carbonyl (C=O) groups is 2. The van der Waals surface area contributed by atoms with E-state index in [1.807, 2.05) is 30.3 Å². The summed E-state index contributed by atoms with van der Waals surface area (Å²) >= 11 is 0. The van der Waals surface area contributed by atoms with Gasteiger partial charge in [-0.3, -0.25) is 9.69 Å². The molecule has 0 aromatic heterocycles. The van der Waals surface area contributed by atoms with Crippen molar-refractivity contribution >= 4 is 11.9 Å². The van der Waals surface area contributed by atoms with E-state index in [0.717, 1.165) is 22.1 Å². The average Bonchev–Trinajstić information content (AvgIpc) is 3.10. The number of fused-ring (bicyclic) bond motifs is 2. The van der Waals surface area contributed by atoms with Crippen LogP contribution in [-0.4, -0.2) is 16.8 Å². The molecule has 0 unspecified atom stereocenters. The lowest BCUT2D eigenvalue weighted by atomic mass is 9.92. The van der Waals surface area contributed by atoms with Crippen LogP contribution in [0.25, 0.3) is 0 Å². The van der Waals surface area contributed by atoms with Crippen LogP contribution in [0, 0.1) is 17.1 Å². The Morgan fingerprint density at radius 2 is 2.04 bits per heavy atom. The van der Waals surface area contributed by atoms with Gasteiger partial charge in [-0.1, -0.05) is 30.3 Å². The standard InChI is InChI=1S/C19H14FN3O2/c20-16-9-12(10-21)5-6-14(16)11-23-17(24)19(22-18(23)25)8-7-13-3-1-2-4-15(13)19/h1-6,9H,7-8,11H2,(H,22,25)/t19-/m1/s1. The van der Waals surface area contributed by atoms with Crippen LogP contribution in [0.5, 0.6) is 0 Å². The molecule has 2 aliphatic rings. The predicted molar refractivity (Wildman–Crippen MR) is 86.6 cm³/mol. The topological polar surface area (TPSA) is 73.2 Å². The van der Waals surface area contributed by atoms with Crippen LogP contribution < -0.4 is 5.32 Å². The first-order valence-electron chi connectivity index (χ1n) is 7.96. The maximum absolute atomic E-state index is 14.1. The smallest absolute Gasteiger partial charge is 0.319 e. The summed E-state index contributed by atoms with van der Waals surface area (Å²) in [6.45, 7) is -0.161. The van der Waals surface area contributed by atoms with Crippen LogP contribution in [0.15, 0.2) is 42.5 Å². The Labute approximate surface area is 143 Å². The quantitative estimate of drug-likeness (QED) is 0.857. The van der Waals surface area contributed by atoms with Crippen molar-refractivity contribution < 1.29 is 14.0 Å². The summed E-state index contributed by atoms with van der Waals surface area (Å²) in [6, 6.07) is 12.9. The van der Waals surface area contributed by atoms with E-state index in [2.05, 4.69) is 5.32 Å². The number of carbonyl (C=O) groups excluding carboxylic acids is 2. The van der Waals surface area contributed by atoms with E-state index >= 15 is 0 Å². The van der Waals surface area contributed by atoms with E-state index < -0.39 is 17.4 Å². The summed E-state index contributed by atoms with van der Waals surface area (Å²) in [5.74, 6) is -0.960. The normalized spacial score (nSPS) is 21.4. The molecule has 1 aliphatic carbocycles. The van der Waals surface area contributed by atoms with Gasteiger partial charge in [0, 0.05) is 5.56 Å². The molecule has 6 heteroatoms. The van der Waals surface area contributed by atoms with Crippen LogP contribution >= 0.6 is 0 Å². The van der Waals surface area contributed by atoms with Crippen LogP contribution in [0.1, 0.15) is 28.7 Å². The average molecular weight is 335 g/mol. The lowest BCUT2D eigenvalue weighted by Gasteiger charge is -2.22. The lowest BCUT2D eigenvalue weighted by Crippen LogP contribution is -2.41. The fraction of sp³-hybridized carbons (Fsp3) is 0.211. The van der Waals surface area contributed by atoms with Crippen molar-refractivity contribution in [1.29, 1.82) is 5.26 Å². The molecule has 2 aromatic rings. The summed E-state index contributed by atoms with van der Waals surface area (Å²) in [6.07, 6.45) is 1.21. The molecule has 0 saturated carbocycles. The van der Waals surface area contributed by atoms with Gasteiger partial charge in [0.05, 0.1) is 18.2 Å². The van der Waals surface area contributed by atoms with Gasteiger partial charge in [0.25, 0.3) is 5.91 Å². The molecule has 124 valence electrons. The number of imide groups is 1. The number of benzene rings is 2. The monoisotopic (exact) mass is 335 g/mol. The van der Waals surface area contributed by atoms with Crippen LogP contribution in [0.2, 0.25) is 0 Å². The van der Waals surface area contributed by atoms with E-state index in [0.29, 0.717) is 12.8 Å². The molecule has 1 aliphatic heterocycles. The number of rotatable bonds is 2. The number of nitrogens with zero attached hydrogens (tertiary/aromatic N) is 2. The largest absolute Gasteiger partial charge is 0.325 e. The molecule has 3 amide bonds. The first-order chi connectivity index (χ1) is 12.0. The highest BCUT2D eigenvalue weighted by Crippen LogP contribution is 2.41. The maximum atomic E-state index is 14.1. The lowest BCUT2D eigenvalue weighted by molar-refractivity contribution is -0.132. The van der Waals surface area contributed by atoms with E-state index in [-0.39, 0.29) is 23.6 Å². The van der Waals surface area contributed by atoms with E-state index in [9.17, 15) is 14.0 Å². The predicted octanol–water partition coefficient (Wildman–Crippen LogP) is 2.59. The molecule has 1 atom stereocenters. The summed E-state index contributed by atoms with van der Waals surface area (Å²) in [7, 11) is 0. The molecule has 1 fully saturated rings. The van der Waals surface area contributed by atoms with Gasteiger partial charge in [-0.2, -0.15) is 5.26 Å². The van der Waals surface area contributed by atoms with Gasteiger partial charge in [0.2, 0.25) is 0 Å². The third-order valence-electron chi connectivity index (χ3n) is 4.93. The zero-order valence-electron chi connectivity index (χ0n) is 13.3. The molecule has 1 saturated heterocycles. The Morgan fingerprint density at radius 1 is 1.24 bits per heavy atom. The molecule has 5 nitrogen and oxygen atoms in total. The van der Waals surface area contributed by atoms with Gasteiger partial charge in [0.1, 0.15) is 11.4 Å². The van der Waals surface area contributed by atoms with Crippen LogP contribution in [0.4, 0.5) is 9.18 Å². The third-order valence-corrected chi connectivity index (χ3v) is 4.93. The van der Waals surface area contributed by atoms with Gasteiger partial charge in [-0.15, -0.1) is 0 Å². The Hall–Kier alpha value is -3.20. The van der Waals surface area contributed by atoms with Crippen molar-refractivity contribution in [2.45, 2.75) is 24.9 Å². The molecule has 25 heavy (non-hydrogen) atoms. The highest BCUT2D eigenvalue weighted by atomic mass is 19.1. The Morgan fingerprint density at radius 3 is 2.80 bits per heavy atom. The fourth-order valence-corrected chi connectivity index (χ4v) is 3.65. The van der Waals surface area contributed by atoms with Gasteiger partial charge in [-0.25, -0.2) is 9.18 Å². The highest BCUT2D eigenvalue weighted by molar-refractivity contribution is 6.08. The fourth-order valence-electron chi connectivity index (χ4n) is 3.65. The maximum Gasteiger partial charge on any atom is 0.325 e. The Bertz CT molecular complexity index is 950. The molecule has 0 bridgehead atoms. The number of hydrogen-bond donors (Lipinski definition) is 1. The number of aryl methyl sites for hydroxylation is 1. The molecule has 2 aromatic carbocycles. The minimum absolute atomic E-state index is 0.161. The molecule has 1 heterocycles. The highest BCUT2D eigenvalue weighted by Gasteiger charge is 2.55.